The number of fused-ring (bicyclic) bond motifs is 2. The first-order valence-electron chi connectivity index (χ1n) is 13.4. The number of hydrogen-bond donors (Lipinski definition) is 1. The normalized spacial score (nSPS) is 13.8. The average Bonchev–Trinajstić information content (AvgIpc) is 3.45. The molecule has 208 valence electrons. The molecule has 41 heavy (non-hydrogen) atoms. The van der Waals surface area contributed by atoms with Crippen LogP contribution >= 0.6 is 0 Å². The Morgan fingerprint density at radius 3 is 2.59 bits per heavy atom. The van der Waals surface area contributed by atoms with Crippen molar-refractivity contribution in [2.24, 2.45) is 0 Å². The molecule has 0 aliphatic carbocycles. The second-order valence-corrected chi connectivity index (χ2v) is 9.77. The molecule has 0 unspecified atom stereocenters. The van der Waals surface area contributed by atoms with Crippen LogP contribution < -0.4 is 19.5 Å². The van der Waals surface area contributed by atoms with Gasteiger partial charge in [0.05, 0.1) is 31.7 Å². The number of anilines is 2. The van der Waals surface area contributed by atoms with E-state index in [4.69, 9.17) is 18.6 Å². The SMILES string of the molecule is C=CC(=O)N1CCC(Oc2cc3c(Nc4cc(-c5coc6ccccc56)ccc4OC)ncnc3cc2OC)CC1. The topological polar surface area (TPSA) is 99.0 Å². The quantitative estimate of drug-likeness (QED) is 0.223. The van der Waals surface area contributed by atoms with Gasteiger partial charge in [-0.05, 0) is 35.9 Å². The van der Waals surface area contributed by atoms with Crippen molar-refractivity contribution in [1.82, 2.24) is 14.9 Å². The molecule has 2 aromatic heterocycles. The van der Waals surface area contributed by atoms with Crippen LogP contribution in [0.5, 0.6) is 17.2 Å². The fraction of sp³-hybridized carbons (Fsp3) is 0.219. The largest absolute Gasteiger partial charge is 0.495 e. The minimum Gasteiger partial charge on any atom is -0.495 e. The predicted octanol–water partition coefficient (Wildman–Crippen LogP) is 6.36. The fourth-order valence-electron chi connectivity index (χ4n) is 5.22. The molecule has 1 N–H and O–H groups in total. The van der Waals surface area contributed by atoms with Gasteiger partial charge >= 0.3 is 0 Å². The van der Waals surface area contributed by atoms with E-state index in [1.165, 1.54) is 12.4 Å². The summed E-state index contributed by atoms with van der Waals surface area (Å²) in [6.07, 6.45) is 6.00. The molecule has 6 rings (SSSR count). The molecule has 1 saturated heterocycles. The molecule has 9 nitrogen and oxygen atoms in total. The third kappa shape index (κ3) is 5.14. The Kier molecular flexibility index (Phi) is 7.16. The third-order valence-electron chi connectivity index (χ3n) is 7.39. The number of ether oxygens (including phenoxy) is 3. The number of aromatic nitrogens is 2. The second kappa shape index (κ2) is 11.2. The zero-order chi connectivity index (χ0) is 28.3. The number of carbonyl (C=O) groups is 1. The number of furan rings is 1. The van der Waals surface area contributed by atoms with Gasteiger partial charge in [0.2, 0.25) is 5.91 Å². The van der Waals surface area contributed by atoms with Crippen LogP contribution in [-0.4, -0.2) is 54.2 Å². The summed E-state index contributed by atoms with van der Waals surface area (Å²) in [5.41, 5.74) is 4.24. The van der Waals surface area contributed by atoms with E-state index < -0.39 is 0 Å². The zero-order valence-electron chi connectivity index (χ0n) is 22.9. The summed E-state index contributed by atoms with van der Waals surface area (Å²) in [7, 11) is 3.24. The van der Waals surface area contributed by atoms with E-state index in [-0.39, 0.29) is 12.0 Å². The van der Waals surface area contributed by atoms with E-state index in [9.17, 15) is 4.79 Å². The minimum atomic E-state index is -0.0576. The molecule has 3 heterocycles. The summed E-state index contributed by atoms with van der Waals surface area (Å²) >= 11 is 0. The molecule has 1 aliphatic rings. The highest BCUT2D eigenvalue weighted by Crippen LogP contribution is 2.39. The smallest absolute Gasteiger partial charge is 0.245 e. The van der Waals surface area contributed by atoms with Crippen molar-refractivity contribution < 1.29 is 23.4 Å². The molecular formula is C32H30N4O5. The average molecular weight is 551 g/mol. The fourth-order valence-corrected chi connectivity index (χ4v) is 5.22. The first-order chi connectivity index (χ1) is 20.1. The van der Waals surface area contributed by atoms with Gasteiger partial charge in [-0.15, -0.1) is 0 Å². The van der Waals surface area contributed by atoms with Crippen LogP contribution in [0.25, 0.3) is 33.0 Å². The van der Waals surface area contributed by atoms with Gasteiger partial charge in [-0.3, -0.25) is 4.79 Å². The van der Waals surface area contributed by atoms with Gasteiger partial charge in [0, 0.05) is 48.3 Å². The minimum absolute atomic E-state index is 0.0555. The number of hydrogen-bond acceptors (Lipinski definition) is 8. The first-order valence-corrected chi connectivity index (χ1v) is 13.4. The number of rotatable bonds is 8. The summed E-state index contributed by atoms with van der Waals surface area (Å²) < 4.78 is 23.5. The van der Waals surface area contributed by atoms with E-state index >= 15 is 0 Å². The molecule has 0 bridgehead atoms. The molecule has 3 aromatic carbocycles. The first kappa shape index (κ1) is 26.2. The Balaban J connectivity index is 1.32. The van der Waals surface area contributed by atoms with Crippen molar-refractivity contribution in [3.8, 4) is 28.4 Å². The predicted molar refractivity (Wildman–Crippen MR) is 158 cm³/mol. The van der Waals surface area contributed by atoms with Gasteiger partial charge < -0.3 is 28.8 Å². The summed E-state index contributed by atoms with van der Waals surface area (Å²) in [6.45, 7) is 4.81. The number of amides is 1. The molecular weight excluding hydrogens is 520 g/mol. The molecule has 9 heteroatoms. The van der Waals surface area contributed by atoms with Crippen LogP contribution in [0.1, 0.15) is 12.8 Å². The van der Waals surface area contributed by atoms with Crippen LogP contribution in [0.4, 0.5) is 11.5 Å². The second-order valence-electron chi connectivity index (χ2n) is 9.77. The van der Waals surface area contributed by atoms with Gasteiger partial charge in [-0.1, -0.05) is 30.8 Å². The Morgan fingerprint density at radius 2 is 1.80 bits per heavy atom. The number of likely N-dealkylation sites (tertiary alicyclic amines) is 1. The molecule has 0 saturated carbocycles. The molecule has 0 atom stereocenters. The van der Waals surface area contributed by atoms with E-state index in [1.54, 1.807) is 25.4 Å². The van der Waals surface area contributed by atoms with Gasteiger partial charge in [0.15, 0.2) is 11.5 Å². The van der Waals surface area contributed by atoms with Crippen LogP contribution in [0.3, 0.4) is 0 Å². The lowest BCUT2D eigenvalue weighted by atomic mass is 10.0. The molecule has 1 aliphatic heterocycles. The summed E-state index contributed by atoms with van der Waals surface area (Å²) in [6, 6.07) is 17.6. The van der Waals surface area contributed by atoms with Gasteiger partial charge in [-0.2, -0.15) is 0 Å². The van der Waals surface area contributed by atoms with Crippen molar-refractivity contribution in [2.45, 2.75) is 18.9 Å². The molecule has 0 radical (unpaired) electrons. The third-order valence-corrected chi connectivity index (χ3v) is 7.39. The zero-order valence-corrected chi connectivity index (χ0v) is 22.9. The number of methoxy groups -OCH3 is 2. The van der Waals surface area contributed by atoms with Crippen molar-refractivity contribution in [3.63, 3.8) is 0 Å². The van der Waals surface area contributed by atoms with Crippen LogP contribution in [-0.2, 0) is 4.79 Å². The number of nitrogens with one attached hydrogen (secondary N) is 1. The summed E-state index contributed by atoms with van der Waals surface area (Å²) in [4.78, 5) is 22.8. The van der Waals surface area contributed by atoms with E-state index in [0.29, 0.717) is 54.5 Å². The van der Waals surface area contributed by atoms with Crippen LogP contribution in [0.15, 0.2) is 84.3 Å². The standard InChI is InChI=1S/C32H30N4O5/c1-4-31(37)36-13-11-21(12-14-36)41-30-16-23-25(17-29(30)39-3)33-19-34-32(23)35-26-15-20(9-10-28(26)38-2)24-18-40-27-8-6-5-7-22(24)27/h4-10,15-19,21H,1,11-14H2,2-3H3,(H,33,34,35). The number of nitrogens with zero attached hydrogens (tertiary/aromatic N) is 3. The molecule has 5 aromatic rings. The summed E-state index contributed by atoms with van der Waals surface area (Å²) in [5, 5.41) is 5.25. The van der Waals surface area contributed by atoms with Crippen molar-refractivity contribution in [3.05, 3.63) is 79.8 Å². The van der Waals surface area contributed by atoms with Gasteiger partial charge in [0.25, 0.3) is 0 Å². The maximum Gasteiger partial charge on any atom is 0.245 e. The van der Waals surface area contributed by atoms with Crippen molar-refractivity contribution >= 4 is 39.3 Å². The monoisotopic (exact) mass is 550 g/mol. The number of carbonyl (C=O) groups excluding carboxylic acids is 1. The highest BCUT2D eigenvalue weighted by molar-refractivity contribution is 5.96. The maximum atomic E-state index is 12.0. The van der Waals surface area contributed by atoms with Gasteiger partial charge in [-0.25, -0.2) is 9.97 Å². The molecule has 0 spiro atoms. The van der Waals surface area contributed by atoms with Crippen molar-refractivity contribution in [1.29, 1.82) is 0 Å². The number of piperidine rings is 1. The van der Waals surface area contributed by atoms with E-state index in [2.05, 4.69) is 21.9 Å². The Morgan fingerprint density at radius 1 is 1.00 bits per heavy atom. The van der Waals surface area contributed by atoms with Gasteiger partial charge in [0.1, 0.15) is 29.6 Å². The van der Waals surface area contributed by atoms with Crippen molar-refractivity contribution in [2.75, 3.05) is 32.6 Å². The van der Waals surface area contributed by atoms with E-state index in [0.717, 1.165) is 33.2 Å². The lowest BCUT2D eigenvalue weighted by molar-refractivity contribution is -0.127. The maximum absolute atomic E-state index is 12.0. The Bertz CT molecular complexity index is 1740. The summed E-state index contributed by atoms with van der Waals surface area (Å²) in [5.74, 6) is 2.38. The lowest BCUT2D eigenvalue weighted by Crippen LogP contribution is -2.41. The van der Waals surface area contributed by atoms with Crippen LogP contribution in [0.2, 0.25) is 0 Å². The Labute approximate surface area is 237 Å². The highest BCUT2D eigenvalue weighted by atomic mass is 16.5. The van der Waals surface area contributed by atoms with E-state index in [1.807, 2.05) is 54.6 Å². The highest BCUT2D eigenvalue weighted by Gasteiger charge is 2.24. The molecule has 1 amide bonds. The number of benzene rings is 3. The lowest BCUT2D eigenvalue weighted by Gasteiger charge is -2.31. The van der Waals surface area contributed by atoms with Crippen LogP contribution in [0, 0.1) is 0 Å². The Hall–Kier alpha value is -5.05. The number of para-hydroxylation sites is 1. The molecule has 1 fully saturated rings.